The van der Waals surface area contributed by atoms with Crippen LogP contribution in [0.15, 0.2) is 18.2 Å². The first-order chi connectivity index (χ1) is 9.99. The van der Waals surface area contributed by atoms with E-state index in [1.807, 2.05) is 45.9 Å². The number of carbonyl (C=O) groups excluding carboxylic acids is 1. The molecule has 0 radical (unpaired) electrons. The minimum atomic E-state index is -0.271. The Bertz CT molecular complexity index is 461. The Hall–Kier alpha value is -1.75. The van der Waals surface area contributed by atoms with Gasteiger partial charge in [0, 0.05) is 18.2 Å². The van der Waals surface area contributed by atoms with Crippen LogP contribution in [0.3, 0.4) is 0 Å². The van der Waals surface area contributed by atoms with Crippen LogP contribution in [0.2, 0.25) is 0 Å². The lowest BCUT2D eigenvalue weighted by Gasteiger charge is -2.18. The number of para-hydroxylation sites is 1. The first kappa shape index (κ1) is 17.3. The quantitative estimate of drug-likeness (QED) is 0.771. The van der Waals surface area contributed by atoms with Crippen molar-refractivity contribution in [1.82, 2.24) is 10.6 Å². The van der Waals surface area contributed by atoms with E-state index in [4.69, 9.17) is 9.47 Å². The van der Waals surface area contributed by atoms with Crippen molar-refractivity contribution in [3.05, 3.63) is 23.8 Å². The van der Waals surface area contributed by atoms with Gasteiger partial charge in [0.1, 0.15) is 0 Å². The van der Waals surface area contributed by atoms with E-state index in [1.165, 1.54) is 0 Å². The number of rotatable bonds is 8. The lowest BCUT2D eigenvalue weighted by molar-refractivity contribution is -0.123. The summed E-state index contributed by atoms with van der Waals surface area (Å²) in [4.78, 5) is 11.9. The summed E-state index contributed by atoms with van der Waals surface area (Å²) >= 11 is 0. The highest BCUT2D eigenvalue weighted by atomic mass is 16.5. The lowest BCUT2D eigenvalue weighted by Crippen LogP contribution is -2.44. The normalized spacial score (nSPS) is 12.1. The fraction of sp³-hybridized carbons (Fsp3) is 0.562. The summed E-state index contributed by atoms with van der Waals surface area (Å²) in [5.74, 6) is 1.42. The van der Waals surface area contributed by atoms with Crippen LogP contribution in [0.1, 0.15) is 33.3 Å². The van der Waals surface area contributed by atoms with Crippen LogP contribution in [0.5, 0.6) is 11.5 Å². The van der Waals surface area contributed by atoms with Crippen LogP contribution in [0.25, 0.3) is 0 Å². The van der Waals surface area contributed by atoms with Gasteiger partial charge in [-0.15, -0.1) is 0 Å². The Labute approximate surface area is 127 Å². The van der Waals surface area contributed by atoms with Crippen molar-refractivity contribution in [3.8, 4) is 11.5 Å². The largest absolute Gasteiger partial charge is 0.493 e. The van der Waals surface area contributed by atoms with Gasteiger partial charge in [0.25, 0.3) is 0 Å². The second kappa shape index (κ2) is 8.52. The minimum absolute atomic E-state index is 0.00932. The van der Waals surface area contributed by atoms with Crippen molar-refractivity contribution in [2.75, 3.05) is 13.7 Å². The number of hydrogen-bond acceptors (Lipinski definition) is 4. The lowest BCUT2D eigenvalue weighted by atomic mass is 10.1. The van der Waals surface area contributed by atoms with Crippen molar-refractivity contribution in [2.45, 2.75) is 46.3 Å². The van der Waals surface area contributed by atoms with E-state index in [2.05, 4.69) is 10.6 Å². The summed E-state index contributed by atoms with van der Waals surface area (Å²) in [5.41, 5.74) is 0.965. The third-order valence-corrected chi connectivity index (χ3v) is 2.99. The van der Waals surface area contributed by atoms with Crippen molar-refractivity contribution in [2.24, 2.45) is 0 Å². The zero-order valence-electron chi connectivity index (χ0n) is 13.5. The molecule has 0 saturated heterocycles. The zero-order chi connectivity index (χ0) is 15.8. The van der Waals surface area contributed by atoms with Crippen molar-refractivity contribution < 1.29 is 14.3 Å². The third-order valence-electron chi connectivity index (χ3n) is 2.99. The molecule has 1 rings (SSSR count). The second-order valence-corrected chi connectivity index (χ2v) is 5.15. The maximum atomic E-state index is 11.9. The monoisotopic (exact) mass is 294 g/mol. The number of benzene rings is 1. The minimum Gasteiger partial charge on any atom is -0.493 e. The smallest absolute Gasteiger partial charge is 0.237 e. The summed E-state index contributed by atoms with van der Waals surface area (Å²) < 4.78 is 11.0. The van der Waals surface area contributed by atoms with E-state index in [-0.39, 0.29) is 18.0 Å². The Morgan fingerprint density at radius 1 is 1.29 bits per heavy atom. The molecule has 0 saturated carbocycles. The average molecular weight is 294 g/mol. The Morgan fingerprint density at radius 3 is 2.57 bits per heavy atom. The van der Waals surface area contributed by atoms with Crippen LogP contribution >= 0.6 is 0 Å². The molecule has 2 N–H and O–H groups in total. The average Bonchev–Trinajstić information content (AvgIpc) is 2.44. The van der Waals surface area contributed by atoms with Gasteiger partial charge >= 0.3 is 0 Å². The van der Waals surface area contributed by atoms with Crippen LogP contribution in [-0.4, -0.2) is 31.7 Å². The van der Waals surface area contributed by atoms with E-state index in [0.717, 1.165) is 11.3 Å². The Balaban J connectivity index is 2.70. The molecule has 5 nitrogen and oxygen atoms in total. The molecule has 0 fully saturated rings. The predicted molar refractivity (Wildman–Crippen MR) is 83.7 cm³/mol. The molecule has 1 unspecified atom stereocenters. The number of ether oxygens (including phenoxy) is 2. The van der Waals surface area contributed by atoms with Gasteiger partial charge in [-0.05, 0) is 33.8 Å². The Morgan fingerprint density at radius 2 is 2.00 bits per heavy atom. The molecule has 0 spiro atoms. The summed E-state index contributed by atoms with van der Waals surface area (Å²) in [5, 5.41) is 6.08. The van der Waals surface area contributed by atoms with Gasteiger partial charge in [-0.25, -0.2) is 0 Å². The van der Waals surface area contributed by atoms with Crippen LogP contribution in [-0.2, 0) is 11.3 Å². The molecular formula is C16H26N2O3. The van der Waals surface area contributed by atoms with E-state index in [0.29, 0.717) is 18.9 Å². The molecule has 0 aliphatic rings. The molecule has 1 amide bonds. The highest BCUT2D eigenvalue weighted by molar-refractivity contribution is 5.81. The van der Waals surface area contributed by atoms with E-state index >= 15 is 0 Å². The summed E-state index contributed by atoms with van der Waals surface area (Å²) in [6.45, 7) is 8.79. The SMILES string of the molecule is CCOc1cccc(CNC(C)C(=O)NC(C)C)c1OC. The number of nitrogens with one attached hydrogen (secondary N) is 2. The number of carbonyl (C=O) groups is 1. The summed E-state index contributed by atoms with van der Waals surface area (Å²) in [7, 11) is 1.62. The van der Waals surface area contributed by atoms with Gasteiger partial charge in [0.2, 0.25) is 5.91 Å². The van der Waals surface area contributed by atoms with Gasteiger partial charge in [-0.2, -0.15) is 0 Å². The van der Waals surface area contributed by atoms with Crippen molar-refractivity contribution in [1.29, 1.82) is 0 Å². The predicted octanol–water partition coefficient (Wildman–Crippen LogP) is 2.10. The molecule has 0 heterocycles. The molecule has 0 aromatic heterocycles. The fourth-order valence-corrected chi connectivity index (χ4v) is 1.97. The van der Waals surface area contributed by atoms with Gasteiger partial charge in [-0.3, -0.25) is 4.79 Å². The molecule has 1 atom stereocenters. The van der Waals surface area contributed by atoms with Gasteiger partial charge in [-0.1, -0.05) is 12.1 Å². The molecule has 0 bridgehead atoms. The molecular weight excluding hydrogens is 268 g/mol. The van der Waals surface area contributed by atoms with Gasteiger partial charge in [0.15, 0.2) is 11.5 Å². The maximum Gasteiger partial charge on any atom is 0.237 e. The molecule has 118 valence electrons. The number of hydrogen-bond donors (Lipinski definition) is 2. The first-order valence-corrected chi connectivity index (χ1v) is 7.32. The number of methoxy groups -OCH3 is 1. The van der Waals surface area contributed by atoms with Crippen LogP contribution in [0, 0.1) is 0 Å². The molecule has 5 heteroatoms. The fourth-order valence-electron chi connectivity index (χ4n) is 1.97. The molecule has 1 aromatic carbocycles. The van der Waals surface area contributed by atoms with E-state index in [9.17, 15) is 4.79 Å². The number of amides is 1. The van der Waals surface area contributed by atoms with Crippen molar-refractivity contribution in [3.63, 3.8) is 0 Å². The van der Waals surface area contributed by atoms with E-state index < -0.39 is 0 Å². The second-order valence-electron chi connectivity index (χ2n) is 5.15. The zero-order valence-corrected chi connectivity index (χ0v) is 13.5. The molecule has 0 aliphatic heterocycles. The molecule has 1 aromatic rings. The van der Waals surface area contributed by atoms with Crippen LogP contribution < -0.4 is 20.1 Å². The van der Waals surface area contributed by atoms with Crippen molar-refractivity contribution >= 4 is 5.91 Å². The van der Waals surface area contributed by atoms with Crippen LogP contribution in [0.4, 0.5) is 0 Å². The standard InChI is InChI=1S/C16H26N2O3/c1-6-21-14-9-7-8-13(15(14)20-5)10-17-12(4)16(19)18-11(2)3/h7-9,11-12,17H,6,10H2,1-5H3,(H,18,19). The highest BCUT2D eigenvalue weighted by Gasteiger charge is 2.15. The third kappa shape index (κ3) is 5.27. The highest BCUT2D eigenvalue weighted by Crippen LogP contribution is 2.30. The molecule has 0 aliphatic carbocycles. The summed E-state index contributed by atoms with van der Waals surface area (Å²) in [6.07, 6.45) is 0. The summed E-state index contributed by atoms with van der Waals surface area (Å²) in [6, 6.07) is 5.62. The maximum absolute atomic E-state index is 11.9. The Kier molecular flexibility index (Phi) is 7.02. The van der Waals surface area contributed by atoms with Gasteiger partial charge < -0.3 is 20.1 Å². The topological polar surface area (TPSA) is 59.6 Å². The molecule has 21 heavy (non-hydrogen) atoms. The first-order valence-electron chi connectivity index (χ1n) is 7.32. The van der Waals surface area contributed by atoms with E-state index in [1.54, 1.807) is 7.11 Å². The van der Waals surface area contributed by atoms with Gasteiger partial charge in [0.05, 0.1) is 19.8 Å².